The SMILES string of the molecule is CC(c1ccc(C#N)cc1)N1CC2CC=CCC2C1. The van der Waals surface area contributed by atoms with Gasteiger partial charge in [0.15, 0.2) is 0 Å². The number of rotatable bonds is 2. The van der Waals surface area contributed by atoms with Crippen molar-refractivity contribution in [1.29, 1.82) is 5.26 Å². The third-order valence-corrected chi connectivity index (χ3v) is 4.72. The molecule has 0 bridgehead atoms. The van der Waals surface area contributed by atoms with Gasteiger partial charge in [-0.1, -0.05) is 24.3 Å². The summed E-state index contributed by atoms with van der Waals surface area (Å²) in [7, 11) is 0. The summed E-state index contributed by atoms with van der Waals surface area (Å²) in [5, 5.41) is 8.85. The molecular formula is C17H20N2. The molecule has 1 aliphatic heterocycles. The quantitative estimate of drug-likeness (QED) is 0.753. The second-order valence-electron chi connectivity index (χ2n) is 5.83. The van der Waals surface area contributed by atoms with Crippen LogP contribution < -0.4 is 0 Å². The smallest absolute Gasteiger partial charge is 0.0991 e. The molecule has 1 heterocycles. The Bertz CT molecular complexity index is 493. The highest BCUT2D eigenvalue weighted by molar-refractivity contribution is 5.32. The summed E-state index contributed by atoms with van der Waals surface area (Å²) in [6, 6.07) is 10.7. The Morgan fingerprint density at radius 2 is 1.68 bits per heavy atom. The summed E-state index contributed by atoms with van der Waals surface area (Å²) < 4.78 is 0. The van der Waals surface area contributed by atoms with Gasteiger partial charge in [-0.15, -0.1) is 0 Å². The maximum Gasteiger partial charge on any atom is 0.0991 e. The lowest BCUT2D eigenvalue weighted by atomic mass is 9.86. The first-order chi connectivity index (χ1) is 9.28. The van der Waals surface area contributed by atoms with E-state index in [0.29, 0.717) is 6.04 Å². The maximum atomic E-state index is 8.85. The molecule has 1 aromatic rings. The Hall–Kier alpha value is -1.59. The van der Waals surface area contributed by atoms with Crippen molar-refractivity contribution in [1.82, 2.24) is 4.90 Å². The van der Waals surface area contributed by atoms with Crippen molar-refractivity contribution >= 4 is 0 Å². The average molecular weight is 252 g/mol. The summed E-state index contributed by atoms with van der Waals surface area (Å²) in [5.41, 5.74) is 2.07. The zero-order valence-electron chi connectivity index (χ0n) is 11.4. The Morgan fingerprint density at radius 1 is 1.11 bits per heavy atom. The van der Waals surface area contributed by atoms with Gasteiger partial charge in [-0.05, 0) is 49.3 Å². The van der Waals surface area contributed by atoms with Gasteiger partial charge < -0.3 is 0 Å². The lowest BCUT2D eigenvalue weighted by Crippen LogP contribution is -2.24. The highest BCUT2D eigenvalue weighted by Crippen LogP contribution is 2.36. The van der Waals surface area contributed by atoms with Crippen molar-refractivity contribution in [3.63, 3.8) is 0 Å². The van der Waals surface area contributed by atoms with Gasteiger partial charge in [-0.2, -0.15) is 5.26 Å². The van der Waals surface area contributed by atoms with E-state index in [1.54, 1.807) is 0 Å². The minimum Gasteiger partial charge on any atom is -0.296 e. The second kappa shape index (κ2) is 5.19. The van der Waals surface area contributed by atoms with E-state index in [1.807, 2.05) is 12.1 Å². The first kappa shape index (κ1) is 12.4. The van der Waals surface area contributed by atoms with E-state index in [1.165, 1.54) is 31.5 Å². The number of fused-ring (bicyclic) bond motifs is 1. The molecule has 19 heavy (non-hydrogen) atoms. The molecular weight excluding hydrogens is 232 g/mol. The number of benzene rings is 1. The third kappa shape index (κ3) is 2.43. The number of nitriles is 1. The molecule has 98 valence electrons. The first-order valence-corrected chi connectivity index (χ1v) is 7.17. The van der Waals surface area contributed by atoms with Gasteiger partial charge in [0.2, 0.25) is 0 Å². The van der Waals surface area contributed by atoms with E-state index in [4.69, 9.17) is 5.26 Å². The number of nitrogens with zero attached hydrogens (tertiary/aromatic N) is 2. The Labute approximate surface area is 115 Å². The van der Waals surface area contributed by atoms with Crippen LogP contribution in [0.4, 0.5) is 0 Å². The third-order valence-electron chi connectivity index (χ3n) is 4.72. The van der Waals surface area contributed by atoms with Crippen LogP contribution in [0.15, 0.2) is 36.4 Å². The van der Waals surface area contributed by atoms with Gasteiger partial charge in [-0.3, -0.25) is 4.90 Å². The van der Waals surface area contributed by atoms with Crippen LogP contribution in [0.5, 0.6) is 0 Å². The highest BCUT2D eigenvalue weighted by atomic mass is 15.2. The molecule has 0 aromatic heterocycles. The summed E-state index contributed by atoms with van der Waals surface area (Å²) in [5.74, 6) is 1.71. The molecule has 3 unspecified atom stereocenters. The fraction of sp³-hybridized carbons (Fsp3) is 0.471. The maximum absolute atomic E-state index is 8.85. The minimum atomic E-state index is 0.457. The Balaban J connectivity index is 1.71. The van der Waals surface area contributed by atoms with E-state index in [-0.39, 0.29) is 0 Å². The molecule has 0 spiro atoms. The van der Waals surface area contributed by atoms with Crippen LogP contribution >= 0.6 is 0 Å². The van der Waals surface area contributed by atoms with E-state index in [0.717, 1.165) is 17.4 Å². The molecule has 2 aliphatic rings. The first-order valence-electron chi connectivity index (χ1n) is 7.17. The topological polar surface area (TPSA) is 27.0 Å². The lowest BCUT2D eigenvalue weighted by molar-refractivity contribution is 0.249. The van der Waals surface area contributed by atoms with Crippen molar-refractivity contribution in [3.8, 4) is 6.07 Å². The molecule has 3 rings (SSSR count). The van der Waals surface area contributed by atoms with Crippen LogP contribution in [0.2, 0.25) is 0 Å². The fourth-order valence-electron chi connectivity index (χ4n) is 3.41. The molecule has 0 saturated carbocycles. The van der Waals surface area contributed by atoms with Gasteiger partial charge in [0.1, 0.15) is 0 Å². The summed E-state index contributed by atoms with van der Waals surface area (Å²) >= 11 is 0. The summed E-state index contributed by atoms with van der Waals surface area (Å²) in [4.78, 5) is 2.60. The van der Waals surface area contributed by atoms with Crippen LogP contribution in [-0.2, 0) is 0 Å². The van der Waals surface area contributed by atoms with Crippen molar-refractivity contribution < 1.29 is 0 Å². The Morgan fingerprint density at radius 3 is 2.21 bits per heavy atom. The molecule has 3 atom stereocenters. The monoisotopic (exact) mass is 252 g/mol. The predicted molar refractivity (Wildman–Crippen MR) is 76.5 cm³/mol. The van der Waals surface area contributed by atoms with Crippen LogP contribution in [0, 0.1) is 23.2 Å². The van der Waals surface area contributed by atoms with E-state index in [9.17, 15) is 0 Å². The zero-order valence-corrected chi connectivity index (χ0v) is 11.4. The van der Waals surface area contributed by atoms with Crippen molar-refractivity contribution in [2.24, 2.45) is 11.8 Å². The van der Waals surface area contributed by atoms with Crippen molar-refractivity contribution in [2.45, 2.75) is 25.8 Å². The number of hydrogen-bond acceptors (Lipinski definition) is 2. The van der Waals surface area contributed by atoms with E-state index in [2.05, 4.69) is 42.2 Å². The van der Waals surface area contributed by atoms with Gasteiger partial charge >= 0.3 is 0 Å². The van der Waals surface area contributed by atoms with Crippen molar-refractivity contribution in [3.05, 3.63) is 47.5 Å². The minimum absolute atomic E-state index is 0.457. The molecule has 2 heteroatoms. The summed E-state index contributed by atoms with van der Waals surface area (Å²) in [6.45, 7) is 4.72. The zero-order chi connectivity index (χ0) is 13.2. The molecule has 0 radical (unpaired) electrons. The number of allylic oxidation sites excluding steroid dienone is 2. The Kier molecular flexibility index (Phi) is 3.40. The lowest BCUT2D eigenvalue weighted by Gasteiger charge is -2.24. The summed E-state index contributed by atoms with van der Waals surface area (Å²) in [6.07, 6.45) is 7.19. The number of hydrogen-bond donors (Lipinski definition) is 0. The van der Waals surface area contributed by atoms with Crippen LogP contribution in [0.25, 0.3) is 0 Å². The van der Waals surface area contributed by atoms with E-state index < -0.39 is 0 Å². The van der Waals surface area contributed by atoms with Gasteiger partial charge in [-0.25, -0.2) is 0 Å². The molecule has 2 nitrogen and oxygen atoms in total. The van der Waals surface area contributed by atoms with Gasteiger partial charge in [0, 0.05) is 19.1 Å². The molecule has 1 saturated heterocycles. The van der Waals surface area contributed by atoms with Crippen molar-refractivity contribution in [2.75, 3.05) is 13.1 Å². The molecule has 0 amide bonds. The second-order valence-corrected chi connectivity index (χ2v) is 5.83. The van der Waals surface area contributed by atoms with Crippen LogP contribution in [-0.4, -0.2) is 18.0 Å². The van der Waals surface area contributed by atoms with E-state index >= 15 is 0 Å². The average Bonchev–Trinajstić information content (AvgIpc) is 2.90. The number of likely N-dealkylation sites (tertiary alicyclic amines) is 1. The molecule has 0 N–H and O–H groups in total. The van der Waals surface area contributed by atoms with Crippen LogP contribution in [0.1, 0.15) is 36.9 Å². The standard InChI is InChI=1S/C17H20N2/c1-13(15-8-6-14(10-18)7-9-15)19-11-16-4-2-3-5-17(16)12-19/h2-3,6-9,13,16-17H,4-5,11-12H2,1H3. The fourth-order valence-corrected chi connectivity index (χ4v) is 3.41. The van der Waals surface area contributed by atoms with Gasteiger partial charge in [0.05, 0.1) is 11.6 Å². The van der Waals surface area contributed by atoms with Gasteiger partial charge in [0.25, 0.3) is 0 Å². The molecule has 1 aliphatic carbocycles. The largest absolute Gasteiger partial charge is 0.296 e. The van der Waals surface area contributed by atoms with Crippen LogP contribution in [0.3, 0.4) is 0 Å². The predicted octanol–water partition coefficient (Wildman–Crippen LogP) is 3.52. The normalized spacial score (nSPS) is 27.8. The highest BCUT2D eigenvalue weighted by Gasteiger charge is 2.34. The molecule has 1 aromatic carbocycles. The molecule has 1 fully saturated rings.